The van der Waals surface area contributed by atoms with Crippen molar-refractivity contribution in [2.75, 3.05) is 25.5 Å². The van der Waals surface area contributed by atoms with E-state index in [-0.39, 0.29) is 24.0 Å². The van der Waals surface area contributed by atoms with Gasteiger partial charge in [0.15, 0.2) is 0 Å². The van der Waals surface area contributed by atoms with Crippen LogP contribution in [0.2, 0.25) is 0 Å². The third-order valence-electron chi connectivity index (χ3n) is 6.03. The van der Waals surface area contributed by atoms with Crippen LogP contribution in [0.1, 0.15) is 35.0 Å². The fourth-order valence-corrected chi connectivity index (χ4v) is 4.87. The lowest BCUT2D eigenvalue weighted by Crippen LogP contribution is -2.31. The molecular weight excluding hydrogens is 441 g/mol. The summed E-state index contributed by atoms with van der Waals surface area (Å²) in [6, 6.07) is 3.43. The van der Waals surface area contributed by atoms with Gasteiger partial charge in [-0.2, -0.15) is 5.10 Å². The van der Waals surface area contributed by atoms with Crippen molar-refractivity contribution in [3.8, 4) is 11.1 Å². The van der Waals surface area contributed by atoms with E-state index >= 15 is 4.39 Å². The predicted octanol–water partition coefficient (Wildman–Crippen LogP) is 3.69. The summed E-state index contributed by atoms with van der Waals surface area (Å²) in [5.74, 6) is -0.751. The molecule has 33 heavy (non-hydrogen) atoms. The second-order valence-electron chi connectivity index (χ2n) is 8.36. The van der Waals surface area contributed by atoms with Crippen LogP contribution in [0.3, 0.4) is 0 Å². The second kappa shape index (κ2) is 8.95. The smallest absolute Gasteiger partial charge is 0.275 e. The zero-order valence-corrected chi connectivity index (χ0v) is 19.3. The van der Waals surface area contributed by atoms with Crippen LogP contribution in [0.15, 0.2) is 40.7 Å². The molecule has 5 rings (SSSR count). The van der Waals surface area contributed by atoms with Crippen molar-refractivity contribution in [2.24, 2.45) is 9.98 Å². The largest absolute Gasteiger partial charge is 0.311 e. The van der Waals surface area contributed by atoms with Gasteiger partial charge < -0.3 is 10.2 Å². The Morgan fingerprint density at radius 2 is 2.03 bits per heavy atom. The molecule has 8 nitrogen and oxygen atoms in total. The standard InChI is InChI=1S/C23H24FN7OS/c1-14-26-11-21(33-14)29-23(32)22-19-8-18(20(24)7-15(19)9-25-13-27-22)16-10-28-31(12-16)17-3-5-30(2)6-4-17/h7-8,10-13,17H,3-6,9H2,1-2H3,(H,29,32). The number of anilines is 1. The van der Waals surface area contributed by atoms with Crippen molar-refractivity contribution in [3.63, 3.8) is 0 Å². The number of nitrogens with zero attached hydrogens (tertiary/aromatic N) is 6. The first-order chi connectivity index (χ1) is 16.0. The molecule has 0 radical (unpaired) electrons. The van der Waals surface area contributed by atoms with Crippen LogP contribution in [0.5, 0.6) is 0 Å². The number of halogens is 1. The van der Waals surface area contributed by atoms with E-state index in [0.29, 0.717) is 33.3 Å². The molecule has 4 heterocycles. The maximum atomic E-state index is 15.1. The lowest BCUT2D eigenvalue weighted by molar-refractivity contribution is -0.110. The number of thiazole rings is 1. The molecule has 0 saturated carbocycles. The fraction of sp³-hybridized carbons (Fsp3) is 0.348. The number of carbonyl (C=O) groups is 1. The Kier molecular flexibility index (Phi) is 5.86. The van der Waals surface area contributed by atoms with E-state index in [9.17, 15) is 4.79 Å². The summed E-state index contributed by atoms with van der Waals surface area (Å²) in [5.41, 5.74) is 2.44. The number of carbonyl (C=O) groups excluding carboxylic acids is 1. The van der Waals surface area contributed by atoms with Gasteiger partial charge in [0.2, 0.25) is 0 Å². The number of benzene rings is 1. The van der Waals surface area contributed by atoms with Gasteiger partial charge in [0.1, 0.15) is 22.9 Å². The van der Waals surface area contributed by atoms with Crippen molar-refractivity contribution in [1.29, 1.82) is 0 Å². The molecule has 170 valence electrons. The van der Waals surface area contributed by atoms with Gasteiger partial charge in [0.25, 0.3) is 5.91 Å². The molecule has 2 aromatic heterocycles. The minimum absolute atomic E-state index is 0.196. The molecular formula is C23H24FN7OS. The quantitative estimate of drug-likeness (QED) is 0.637. The number of fused-ring (bicyclic) bond motifs is 1. The molecule has 0 bridgehead atoms. The van der Waals surface area contributed by atoms with Crippen molar-refractivity contribution in [2.45, 2.75) is 32.4 Å². The number of nitrogens with one attached hydrogen (secondary N) is 1. The summed E-state index contributed by atoms with van der Waals surface area (Å²) in [4.78, 5) is 27.9. The van der Waals surface area contributed by atoms with Gasteiger partial charge in [-0.1, -0.05) is 0 Å². The maximum absolute atomic E-state index is 15.1. The van der Waals surface area contributed by atoms with Crippen LogP contribution < -0.4 is 5.32 Å². The fourth-order valence-electron chi connectivity index (χ4n) is 4.20. The number of piperidine rings is 1. The number of aryl methyl sites for hydroxylation is 1. The van der Waals surface area contributed by atoms with Gasteiger partial charge in [-0.05, 0) is 57.6 Å². The first-order valence-electron chi connectivity index (χ1n) is 10.8. The molecule has 0 atom stereocenters. The highest BCUT2D eigenvalue weighted by molar-refractivity contribution is 7.15. The van der Waals surface area contributed by atoms with E-state index in [1.54, 1.807) is 18.5 Å². The number of hydrogen-bond acceptors (Lipinski definition) is 7. The lowest BCUT2D eigenvalue weighted by Gasteiger charge is -2.28. The molecule has 0 unspecified atom stereocenters. The van der Waals surface area contributed by atoms with Gasteiger partial charge in [0.05, 0.1) is 30.0 Å². The maximum Gasteiger partial charge on any atom is 0.275 e. The summed E-state index contributed by atoms with van der Waals surface area (Å²) in [6.45, 7) is 4.15. The van der Waals surface area contributed by atoms with Crippen molar-refractivity contribution >= 4 is 34.3 Å². The molecule has 1 amide bonds. The summed E-state index contributed by atoms with van der Waals surface area (Å²) < 4.78 is 17.1. The lowest BCUT2D eigenvalue weighted by atomic mass is 9.96. The zero-order valence-electron chi connectivity index (χ0n) is 18.5. The van der Waals surface area contributed by atoms with Crippen LogP contribution in [0.4, 0.5) is 9.39 Å². The van der Waals surface area contributed by atoms with Crippen molar-refractivity contribution in [3.05, 3.63) is 52.7 Å². The molecule has 0 aliphatic carbocycles. The topological polar surface area (TPSA) is 87.8 Å². The average Bonchev–Trinajstić information content (AvgIpc) is 3.38. The molecule has 0 spiro atoms. The van der Waals surface area contributed by atoms with Crippen molar-refractivity contribution < 1.29 is 9.18 Å². The first-order valence-corrected chi connectivity index (χ1v) is 11.7. The minimum atomic E-state index is -0.382. The Labute approximate surface area is 194 Å². The molecule has 1 fully saturated rings. The van der Waals surface area contributed by atoms with Gasteiger partial charge in [-0.25, -0.2) is 14.4 Å². The van der Waals surface area contributed by atoms with E-state index in [4.69, 9.17) is 0 Å². The third kappa shape index (κ3) is 4.49. The summed E-state index contributed by atoms with van der Waals surface area (Å²) in [5, 5.41) is 8.83. The van der Waals surface area contributed by atoms with Crippen LogP contribution in [-0.4, -0.2) is 57.8 Å². The summed E-state index contributed by atoms with van der Waals surface area (Å²) in [7, 11) is 2.12. The summed E-state index contributed by atoms with van der Waals surface area (Å²) >= 11 is 1.38. The van der Waals surface area contributed by atoms with E-state index < -0.39 is 0 Å². The molecule has 1 saturated heterocycles. The highest BCUT2D eigenvalue weighted by atomic mass is 32.1. The SMILES string of the molecule is Cc1ncc(NC(=O)C2=NC=NCc3cc(F)c(-c4cnn(C5CCN(C)CC5)c4)cc32)s1. The Bertz CT molecular complexity index is 1250. The third-order valence-corrected chi connectivity index (χ3v) is 6.85. The van der Waals surface area contributed by atoms with E-state index in [2.05, 4.69) is 37.3 Å². The zero-order chi connectivity index (χ0) is 22.9. The minimum Gasteiger partial charge on any atom is -0.311 e. The van der Waals surface area contributed by atoms with Crippen LogP contribution in [0.25, 0.3) is 11.1 Å². The Morgan fingerprint density at radius 1 is 1.21 bits per heavy atom. The predicted molar refractivity (Wildman–Crippen MR) is 128 cm³/mol. The van der Waals surface area contributed by atoms with Crippen molar-refractivity contribution in [1.82, 2.24) is 19.7 Å². The highest BCUT2D eigenvalue weighted by Crippen LogP contribution is 2.30. The number of amides is 1. The van der Waals surface area contributed by atoms with Gasteiger partial charge in [0, 0.05) is 22.9 Å². The van der Waals surface area contributed by atoms with Crippen LogP contribution >= 0.6 is 11.3 Å². The summed E-state index contributed by atoms with van der Waals surface area (Å²) in [6.07, 6.45) is 8.56. The van der Waals surface area contributed by atoms with Gasteiger partial charge in [-0.15, -0.1) is 11.3 Å². The van der Waals surface area contributed by atoms with E-state index in [0.717, 1.165) is 30.9 Å². The Balaban J connectivity index is 1.46. The Morgan fingerprint density at radius 3 is 2.79 bits per heavy atom. The number of hydrogen-bond donors (Lipinski definition) is 1. The molecule has 1 N–H and O–H groups in total. The molecule has 2 aliphatic heterocycles. The number of likely N-dealkylation sites (tertiary alicyclic amines) is 1. The van der Waals surface area contributed by atoms with E-state index in [1.807, 2.05) is 17.8 Å². The van der Waals surface area contributed by atoms with Crippen LogP contribution in [-0.2, 0) is 11.3 Å². The molecule has 2 aliphatic rings. The Hall–Kier alpha value is -3.24. The average molecular weight is 466 g/mol. The second-order valence-corrected chi connectivity index (χ2v) is 9.60. The van der Waals surface area contributed by atoms with Gasteiger partial charge >= 0.3 is 0 Å². The monoisotopic (exact) mass is 465 g/mol. The highest BCUT2D eigenvalue weighted by Gasteiger charge is 2.24. The number of aromatic nitrogens is 3. The molecule has 1 aromatic carbocycles. The van der Waals surface area contributed by atoms with Crippen LogP contribution in [0, 0.1) is 12.7 Å². The molecule has 3 aromatic rings. The first kappa shape index (κ1) is 21.6. The molecule has 10 heteroatoms. The van der Waals surface area contributed by atoms with E-state index in [1.165, 1.54) is 23.7 Å². The van der Waals surface area contributed by atoms with Gasteiger partial charge in [-0.3, -0.25) is 14.5 Å². The number of rotatable bonds is 4. The normalized spacial score (nSPS) is 16.9. The number of aliphatic imine (C=N–C) groups is 2.